The first kappa shape index (κ1) is 7.54. The average molecular weight is 144 g/mol. The van der Waals surface area contributed by atoms with E-state index < -0.39 is 0 Å². The highest BCUT2D eigenvalue weighted by molar-refractivity contribution is 5.78. The summed E-state index contributed by atoms with van der Waals surface area (Å²) in [6.45, 7) is 2.87. The summed E-state index contributed by atoms with van der Waals surface area (Å²) in [5, 5.41) is 0. The van der Waals surface area contributed by atoms with Crippen molar-refractivity contribution in [2.45, 2.75) is 13.3 Å². The molecule has 3 heteroatoms. The molecule has 0 aromatic heterocycles. The number of ether oxygens (including phenoxy) is 2. The summed E-state index contributed by atoms with van der Waals surface area (Å²) < 4.78 is 9.70. The van der Waals surface area contributed by atoms with Crippen molar-refractivity contribution in [3.8, 4) is 0 Å². The predicted octanol–water partition coefficient (Wildman–Crippen LogP) is 0.586. The van der Waals surface area contributed by atoms with Crippen LogP contribution in [0, 0.1) is 5.41 Å². The van der Waals surface area contributed by atoms with E-state index >= 15 is 0 Å². The summed E-state index contributed by atoms with van der Waals surface area (Å²) in [6, 6.07) is 0. The fourth-order valence-corrected chi connectivity index (χ4v) is 1.09. The van der Waals surface area contributed by atoms with Gasteiger partial charge in [0, 0.05) is 7.11 Å². The molecule has 1 rings (SSSR count). The molecule has 3 nitrogen and oxygen atoms in total. The van der Waals surface area contributed by atoms with Gasteiger partial charge >= 0.3 is 5.97 Å². The number of hydrogen-bond acceptors (Lipinski definition) is 3. The third kappa shape index (κ3) is 1.14. The molecule has 1 aliphatic heterocycles. The molecule has 0 aliphatic carbocycles. The van der Waals surface area contributed by atoms with Crippen LogP contribution in [-0.4, -0.2) is 26.3 Å². The molecule has 0 radical (unpaired) electrons. The Labute approximate surface area is 60.3 Å². The molecule has 1 aliphatic rings. The Balaban J connectivity index is 2.57. The second-order valence-electron chi connectivity index (χ2n) is 2.88. The van der Waals surface area contributed by atoms with Crippen molar-refractivity contribution >= 4 is 5.97 Å². The summed E-state index contributed by atoms with van der Waals surface area (Å²) in [7, 11) is 1.59. The van der Waals surface area contributed by atoms with Gasteiger partial charge in [-0.25, -0.2) is 0 Å². The van der Waals surface area contributed by atoms with Gasteiger partial charge in [-0.3, -0.25) is 4.79 Å². The Kier molecular flexibility index (Phi) is 1.94. The van der Waals surface area contributed by atoms with Crippen molar-refractivity contribution in [1.29, 1.82) is 0 Å². The lowest BCUT2D eigenvalue weighted by atomic mass is 9.91. The lowest BCUT2D eigenvalue weighted by Crippen LogP contribution is -2.27. The number of esters is 1. The molecule has 1 atom stereocenters. The summed E-state index contributed by atoms with van der Waals surface area (Å²) >= 11 is 0. The lowest BCUT2D eigenvalue weighted by Gasteiger charge is -2.16. The molecule has 0 aromatic carbocycles. The monoisotopic (exact) mass is 144 g/mol. The zero-order chi connectivity index (χ0) is 7.61. The first-order valence-corrected chi connectivity index (χ1v) is 3.35. The Bertz CT molecular complexity index is 144. The molecule has 1 fully saturated rings. The highest BCUT2D eigenvalue weighted by Crippen LogP contribution is 2.28. The zero-order valence-corrected chi connectivity index (χ0v) is 6.35. The Morgan fingerprint density at radius 3 is 2.90 bits per heavy atom. The molecule has 1 saturated heterocycles. The van der Waals surface area contributed by atoms with E-state index in [1.807, 2.05) is 6.92 Å². The normalized spacial score (nSPS) is 32.4. The third-order valence-corrected chi connectivity index (χ3v) is 1.84. The molecule has 1 unspecified atom stereocenters. The smallest absolute Gasteiger partial charge is 0.314 e. The molecule has 1 heterocycles. The lowest BCUT2D eigenvalue weighted by molar-refractivity contribution is -0.147. The van der Waals surface area contributed by atoms with Crippen LogP contribution < -0.4 is 0 Å². The van der Waals surface area contributed by atoms with E-state index in [0.717, 1.165) is 6.42 Å². The highest BCUT2D eigenvalue weighted by atomic mass is 16.5. The molecular formula is C7H12O3. The number of carbonyl (C=O) groups excluding carboxylic acids is 1. The average Bonchev–Trinajstić information content (AvgIpc) is 2.15. The fourth-order valence-electron chi connectivity index (χ4n) is 1.09. The molecule has 0 spiro atoms. The van der Waals surface area contributed by atoms with Crippen LogP contribution in [0.2, 0.25) is 0 Å². The standard InChI is InChI=1S/C7H12O3/c1-7(5-9-2)3-4-10-6(7)8/h3-5H2,1-2H3. The first-order valence-electron chi connectivity index (χ1n) is 3.35. The zero-order valence-electron chi connectivity index (χ0n) is 6.35. The summed E-state index contributed by atoms with van der Waals surface area (Å²) in [5.74, 6) is -0.130. The van der Waals surface area contributed by atoms with Crippen LogP contribution in [0.1, 0.15) is 13.3 Å². The molecule has 0 N–H and O–H groups in total. The van der Waals surface area contributed by atoms with Crippen molar-refractivity contribution in [2.75, 3.05) is 20.3 Å². The van der Waals surface area contributed by atoms with Gasteiger partial charge in [-0.1, -0.05) is 0 Å². The summed E-state index contributed by atoms with van der Waals surface area (Å²) in [5.41, 5.74) is -0.380. The Morgan fingerprint density at radius 1 is 1.80 bits per heavy atom. The van der Waals surface area contributed by atoms with Crippen LogP contribution >= 0.6 is 0 Å². The van der Waals surface area contributed by atoms with Gasteiger partial charge in [-0.2, -0.15) is 0 Å². The van der Waals surface area contributed by atoms with Crippen molar-refractivity contribution in [2.24, 2.45) is 5.41 Å². The van der Waals surface area contributed by atoms with E-state index in [-0.39, 0.29) is 11.4 Å². The van der Waals surface area contributed by atoms with Crippen LogP contribution in [0.4, 0.5) is 0 Å². The largest absolute Gasteiger partial charge is 0.465 e. The van der Waals surface area contributed by atoms with Crippen molar-refractivity contribution in [1.82, 2.24) is 0 Å². The number of methoxy groups -OCH3 is 1. The minimum atomic E-state index is -0.380. The molecule has 0 bridgehead atoms. The maximum atomic E-state index is 11.0. The maximum Gasteiger partial charge on any atom is 0.314 e. The Morgan fingerprint density at radius 2 is 2.50 bits per heavy atom. The maximum absolute atomic E-state index is 11.0. The van der Waals surface area contributed by atoms with Gasteiger partial charge in [0.25, 0.3) is 0 Å². The topological polar surface area (TPSA) is 35.5 Å². The van der Waals surface area contributed by atoms with Crippen molar-refractivity contribution in [3.05, 3.63) is 0 Å². The fraction of sp³-hybridized carbons (Fsp3) is 0.857. The number of hydrogen-bond donors (Lipinski definition) is 0. The van der Waals surface area contributed by atoms with Crippen LogP contribution in [0.3, 0.4) is 0 Å². The van der Waals surface area contributed by atoms with Gasteiger partial charge in [0.2, 0.25) is 0 Å². The minimum absolute atomic E-state index is 0.130. The number of cyclic esters (lactones) is 1. The molecule has 0 saturated carbocycles. The Hall–Kier alpha value is -0.570. The molecule has 58 valence electrons. The molecule has 0 amide bonds. The van der Waals surface area contributed by atoms with Crippen LogP contribution in [0.25, 0.3) is 0 Å². The van der Waals surface area contributed by atoms with Gasteiger partial charge in [-0.15, -0.1) is 0 Å². The summed E-state index contributed by atoms with van der Waals surface area (Å²) in [6.07, 6.45) is 0.777. The second kappa shape index (κ2) is 2.58. The van der Waals surface area contributed by atoms with E-state index in [1.165, 1.54) is 0 Å². The van der Waals surface area contributed by atoms with Crippen LogP contribution in [0.5, 0.6) is 0 Å². The van der Waals surface area contributed by atoms with Gasteiger partial charge in [-0.05, 0) is 13.3 Å². The quantitative estimate of drug-likeness (QED) is 0.532. The number of rotatable bonds is 2. The van der Waals surface area contributed by atoms with E-state index in [1.54, 1.807) is 7.11 Å². The molecular weight excluding hydrogens is 132 g/mol. The van der Waals surface area contributed by atoms with E-state index in [4.69, 9.17) is 9.47 Å². The minimum Gasteiger partial charge on any atom is -0.465 e. The van der Waals surface area contributed by atoms with Gasteiger partial charge in [0.05, 0.1) is 18.6 Å². The second-order valence-corrected chi connectivity index (χ2v) is 2.88. The van der Waals surface area contributed by atoms with Gasteiger partial charge in [0.1, 0.15) is 0 Å². The number of carbonyl (C=O) groups is 1. The summed E-state index contributed by atoms with van der Waals surface area (Å²) in [4.78, 5) is 11.0. The van der Waals surface area contributed by atoms with Crippen molar-refractivity contribution < 1.29 is 14.3 Å². The SMILES string of the molecule is COCC1(C)CCOC1=O. The van der Waals surface area contributed by atoms with E-state index in [2.05, 4.69) is 0 Å². The van der Waals surface area contributed by atoms with Crippen LogP contribution in [0.15, 0.2) is 0 Å². The highest BCUT2D eigenvalue weighted by Gasteiger charge is 2.39. The van der Waals surface area contributed by atoms with Crippen LogP contribution in [-0.2, 0) is 14.3 Å². The van der Waals surface area contributed by atoms with Gasteiger partial charge in [0.15, 0.2) is 0 Å². The first-order chi connectivity index (χ1) is 4.69. The van der Waals surface area contributed by atoms with E-state index in [9.17, 15) is 4.79 Å². The third-order valence-electron chi connectivity index (χ3n) is 1.84. The van der Waals surface area contributed by atoms with Crippen molar-refractivity contribution in [3.63, 3.8) is 0 Å². The van der Waals surface area contributed by atoms with Gasteiger partial charge < -0.3 is 9.47 Å². The predicted molar refractivity (Wildman–Crippen MR) is 35.6 cm³/mol. The van der Waals surface area contributed by atoms with E-state index in [0.29, 0.717) is 13.2 Å². The molecule has 10 heavy (non-hydrogen) atoms. The molecule has 0 aromatic rings.